The van der Waals surface area contributed by atoms with Crippen molar-refractivity contribution in [3.63, 3.8) is 0 Å². The lowest BCUT2D eigenvalue weighted by Gasteiger charge is -2.05. The lowest BCUT2D eigenvalue weighted by Crippen LogP contribution is -2.11. The van der Waals surface area contributed by atoms with Gasteiger partial charge in [-0.1, -0.05) is 24.3 Å². The zero-order chi connectivity index (χ0) is 17.3. The maximum Gasteiger partial charge on any atom is 0.238 e. The molecule has 0 amide bonds. The maximum atomic E-state index is 11.4. The molecule has 2 aromatic carbocycles. The van der Waals surface area contributed by atoms with E-state index in [-0.39, 0.29) is 4.90 Å². The van der Waals surface area contributed by atoms with E-state index >= 15 is 0 Å². The summed E-state index contributed by atoms with van der Waals surface area (Å²) in [7, 11) is -0.241. The molecule has 0 radical (unpaired) electrons. The Kier molecular flexibility index (Phi) is 4.13. The number of ether oxygens (including phenoxy) is 1. The van der Waals surface area contributed by atoms with Crippen LogP contribution < -0.4 is 9.88 Å². The van der Waals surface area contributed by atoms with Crippen LogP contribution in [0.3, 0.4) is 0 Å². The van der Waals surface area contributed by atoms with Crippen LogP contribution in [0.2, 0.25) is 0 Å². The highest BCUT2D eigenvalue weighted by Crippen LogP contribution is 2.32. The highest BCUT2D eigenvalue weighted by atomic mass is 32.2. The Morgan fingerprint density at radius 2 is 1.58 bits per heavy atom. The molecule has 1 aromatic heterocycles. The molecule has 1 heterocycles. The van der Waals surface area contributed by atoms with Crippen molar-refractivity contribution in [3.8, 4) is 28.1 Å². The van der Waals surface area contributed by atoms with Crippen LogP contribution in [0.25, 0.3) is 22.4 Å². The zero-order valence-electron chi connectivity index (χ0n) is 13.3. The van der Waals surface area contributed by atoms with Gasteiger partial charge in [0.25, 0.3) is 0 Å². The zero-order valence-corrected chi connectivity index (χ0v) is 14.1. The molecule has 0 aliphatic carbocycles. The van der Waals surface area contributed by atoms with E-state index in [1.807, 2.05) is 37.5 Å². The van der Waals surface area contributed by atoms with Crippen LogP contribution in [0.15, 0.2) is 59.6 Å². The van der Waals surface area contributed by atoms with Crippen LogP contribution in [0.5, 0.6) is 5.75 Å². The fourth-order valence-corrected chi connectivity index (χ4v) is 3.00. The molecule has 7 heteroatoms. The first kappa shape index (κ1) is 16.2. The Bertz CT molecular complexity index is 959. The van der Waals surface area contributed by atoms with Crippen LogP contribution in [-0.4, -0.2) is 25.3 Å². The molecular formula is C17H17N3O3S. The standard InChI is InChI=1S/C17H17N3O3S/c1-20-11-16(12-3-7-14(23-2)8-4-12)17(19-20)13-5-9-15(10-6-13)24(18,21)22/h3-11H,1-2H3,(H2,18,21,22). The highest BCUT2D eigenvalue weighted by Gasteiger charge is 2.14. The topological polar surface area (TPSA) is 87.2 Å². The van der Waals surface area contributed by atoms with Gasteiger partial charge in [0.15, 0.2) is 0 Å². The second-order valence-corrected chi connectivity index (χ2v) is 6.92. The first-order valence-electron chi connectivity index (χ1n) is 7.20. The van der Waals surface area contributed by atoms with E-state index in [4.69, 9.17) is 9.88 Å². The van der Waals surface area contributed by atoms with Crippen molar-refractivity contribution in [1.29, 1.82) is 0 Å². The predicted octanol–water partition coefficient (Wildman–Crippen LogP) is 2.41. The van der Waals surface area contributed by atoms with Crippen molar-refractivity contribution in [2.75, 3.05) is 7.11 Å². The molecule has 0 aliphatic heterocycles. The van der Waals surface area contributed by atoms with Gasteiger partial charge in [-0.15, -0.1) is 0 Å². The Morgan fingerprint density at radius 3 is 2.12 bits per heavy atom. The van der Waals surface area contributed by atoms with E-state index in [1.54, 1.807) is 23.9 Å². The number of nitrogens with two attached hydrogens (primary N) is 1. The normalized spacial score (nSPS) is 11.5. The summed E-state index contributed by atoms with van der Waals surface area (Å²) in [5.41, 5.74) is 3.52. The SMILES string of the molecule is COc1ccc(-c2cn(C)nc2-c2ccc(S(N)(=O)=O)cc2)cc1. The van der Waals surface area contributed by atoms with Crippen LogP contribution in [0.1, 0.15) is 0 Å². The molecule has 0 atom stereocenters. The Hall–Kier alpha value is -2.64. The number of primary sulfonamides is 1. The number of sulfonamides is 1. The van der Waals surface area contributed by atoms with E-state index in [1.165, 1.54) is 12.1 Å². The summed E-state index contributed by atoms with van der Waals surface area (Å²) in [6.07, 6.45) is 1.92. The molecule has 0 spiro atoms. The molecule has 0 fully saturated rings. The second-order valence-electron chi connectivity index (χ2n) is 5.36. The van der Waals surface area contributed by atoms with Crippen LogP contribution >= 0.6 is 0 Å². The fourth-order valence-electron chi connectivity index (χ4n) is 2.49. The van der Waals surface area contributed by atoms with Crippen molar-refractivity contribution in [1.82, 2.24) is 9.78 Å². The van der Waals surface area contributed by atoms with Gasteiger partial charge >= 0.3 is 0 Å². The Labute approximate surface area is 140 Å². The average molecular weight is 343 g/mol. The predicted molar refractivity (Wildman–Crippen MR) is 92.0 cm³/mol. The monoisotopic (exact) mass is 343 g/mol. The van der Waals surface area contributed by atoms with Gasteiger partial charge in [-0.3, -0.25) is 4.68 Å². The lowest BCUT2D eigenvalue weighted by atomic mass is 10.0. The lowest BCUT2D eigenvalue weighted by molar-refractivity contribution is 0.415. The minimum Gasteiger partial charge on any atom is -0.497 e. The first-order valence-corrected chi connectivity index (χ1v) is 8.74. The van der Waals surface area contributed by atoms with Crippen LogP contribution in [-0.2, 0) is 17.1 Å². The van der Waals surface area contributed by atoms with Crippen LogP contribution in [0, 0.1) is 0 Å². The number of benzene rings is 2. The summed E-state index contributed by atoms with van der Waals surface area (Å²) < 4.78 is 29.7. The van der Waals surface area contributed by atoms with E-state index in [0.717, 1.165) is 28.1 Å². The number of hydrogen-bond donors (Lipinski definition) is 1. The van der Waals surface area contributed by atoms with Gasteiger partial charge < -0.3 is 4.74 Å². The number of rotatable bonds is 4. The van der Waals surface area contributed by atoms with E-state index < -0.39 is 10.0 Å². The molecule has 0 saturated heterocycles. The molecule has 6 nitrogen and oxygen atoms in total. The Morgan fingerprint density at radius 1 is 1.00 bits per heavy atom. The summed E-state index contributed by atoms with van der Waals surface area (Å²) in [6.45, 7) is 0. The van der Waals surface area contributed by atoms with Gasteiger partial charge in [0.2, 0.25) is 10.0 Å². The summed E-state index contributed by atoms with van der Waals surface area (Å²) in [5.74, 6) is 0.779. The quantitative estimate of drug-likeness (QED) is 0.788. The fraction of sp³-hybridized carbons (Fsp3) is 0.118. The van der Waals surface area contributed by atoms with Crippen molar-refractivity contribution in [3.05, 3.63) is 54.7 Å². The molecule has 24 heavy (non-hydrogen) atoms. The first-order chi connectivity index (χ1) is 11.4. The molecular weight excluding hydrogens is 326 g/mol. The molecule has 0 aliphatic rings. The summed E-state index contributed by atoms with van der Waals surface area (Å²) in [4.78, 5) is 0.0770. The third-order valence-corrected chi connectivity index (χ3v) is 4.62. The largest absolute Gasteiger partial charge is 0.497 e. The van der Waals surface area contributed by atoms with Crippen molar-refractivity contribution < 1.29 is 13.2 Å². The van der Waals surface area contributed by atoms with Gasteiger partial charge in [0, 0.05) is 24.4 Å². The van der Waals surface area contributed by atoms with Gasteiger partial charge in [0.1, 0.15) is 11.4 Å². The number of aryl methyl sites for hydroxylation is 1. The van der Waals surface area contributed by atoms with Gasteiger partial charge in [0.05, 0.1) is 12.0 Å². The summed E-state index contributed by atoms with van der Waals surface area (Å²) in [6, 6.07) is 14.1. The summed E-state index contributed by atoms with van der Waals surface area (Å²) in [5, 5.41) is 9.63. The molecule has 2 N–H and O–H groups in total. The Balaban J connectivity index is 2.05. The van der Waals surface area contributed by atoms with Gasteiger partial charge in [-0.2, -0.15) is 5.10 Å². The third-order valence-electron chi connectivity index (χ3n) is 3.69. The summed E-state index contributed by atoms with van der Waals surface area (Å²) >= 11 is 0. The molecule has 0 unspecified atom stereocenters. The van der Waals surface area contributed by atoms with E-state index in [9.17, 15) is 8.42 Å². The van der Waals surface area contributed by atoms with Gasteiger partial charge in [-0.05, 0) is 29.8 Å². The number of nitrogens with zero attached hydrogens (tertiary/aromatic N) is 2. The molecule has 3 aromatic rings. The molecule has 124 valence electrons. The molecule has 0 saturated carbocycles. The van der Waals surface area contributed by atoms with Crippen molar-refractivity contribution in [2.45, 2.75) is 4.90 Å². The second kappa shape index (κ2) is 6.10. The third kappa shape index (κ3) is 3.17. The van der Waals surface area contributed by atoms with Gasteiger partial charge in [-0.25, -0.2) is 13.6 Å². The number of hydrogen-bond acceptors (Lipinski definition) is 4. The average Bonchev–Trinajstić information content (AvgIpc) is 2.96. The van der Waals surface area contributed by atoms with E-state index in [0.29, 0.717) is 0 Å². The maximum absolute atomic E-state index is 11.4. The number of aromatic nitrogens is 2. The molecule has 3 rings (SSSR count). The van der Waals surface area contributed by atoms with Crippen molar-refractivity contribution in [2.24, 2.45) is 12.2 Å². The molecule has 0 bridgehead atoms. The minimum atomic E-state index is -3.71. The minimum absolute atomic E-state index is 0.0770. The highest BCUT2D eigenvalue weighted by molar-refractivity contribution is 7.89. The van der Waals surface area contributed by atoms with Crippen LogP contribution in [0.4, 0.5) is 0 Å². The number of methoxy groups -OCH3 is 1. The van der Waals surface area contributed by atoms with Crippen molar-refractivity contribution >= 4 is 10.0 Å². The van der Waals surface area contributed by atoms with E-state index in [2.05, 4.69) is 5.10 Å². The smallest absolute Gasteiger partial charge is 0.238 e.